The van der Waals surface area contributed by atoms with Crippen LogP contribution in [0.3, 0.4) is 0 Å². The molecular formula is C108H112Cl2N2O16S2. The van der Waals surface area contributed by atoms with Gasteiger partial charge in [0.25, 0.3) is 20.2 Å². The van der Waals surface area contributed by atoms with E-state index >= 15 is 0 Å². The van der Waals surface area contributed by atoms with Crippen molar-refractivity contribution in [3.63, 3.8) is 0 Å². The molecule has 0 radical (unpaired) electrons. The lowest BCUT2D eigenvalue weighted by Crippen LogP contribution is -2.07. The number of fused-ring (bicyclic) bond motifs is 8. The highest BCUT2D eigenvalue weighted by Crippen LogP contribution is 2.35. The number of hydrogen-bond acceptors (Lipinski definition) is 18. The highest BCUT2D eigenvalue weighted by Gasteiger charge is 2.17. The van der Waals surface area contributed by atoms with Gasteiger partial charge in [-0.3, -0.25) is 8.37 Å². The van der Waals surface area contributed by atoms with Gasteiger partial charge in [-0.25, -0.2) is 0 Å². The van der Waals surface area contributed by atoms with Crippen LogP contribution in [-0.4, -0.2) is 96.4 Å². The lowest BCUT2D eigenvalue weighted by molar-refractivity contribution is 0.199. The molecule has 0 heterocycles. The quantitative estimate of drug-likeness (QED) is 0.0531. The van der Waals surface area contributed by atoms with Gasteiger partial charge in [0.05, 0.1) is 129 Å². The third kappa shape index (κ3) is 29.7. The average Bonchev–Trinajstić information content (AvgIpc) is 0.836. The maximum Gasteiger partial charge on any atom is 0.264 e. The van der Waals surface area contributed by atoms with Gasteiger partial charge in [-0.1, -0.05) is 146 Å². The summed E-state index contributed by atoms with van der Waals surface area (Å²) in [7, 11) is 6.32. The Hall–Kier alpha value is -12.7. The van der Waals surface area contributed by atoms with Gasteiger partial charge in [0.15, 0.2) is 0 Å². The molecule has 0 spiro atoms. The summed E-state index contributed by atoms with van der Waals surface area (Å²) < 4.78 is 95.7. The summed E-state index contributed by atoms with van der Waals surface area (Å²) in [4.78, 5) is 0. The Morgan fingerprint density at radius 3 is 0.554 bits per heavy atom. The lowest BCUT2D eigenvalue weighted by atomic mass is 9.99. The third-order valence-corrected chi connectivity index (χ3v) is 23.2. The summed E-state index contributed by atoms with van der Waals surface area (Å²) >= 11 is 12.1. The van der Waals surface area contributed by atoms with E-state index in [0.717, 1.165) is 168 Å². The molecule has 16 rings (SSSR count). The molecule has 130 heavy (non-hydrogen) atoms. The van der Waals surface area contributed by atoms with E-state index in [9.17, 15) is 27.0 Å². The molecule has 22 heteroatoms. The monoisotopic (exact) mass is 1830 g/mol. The second kappa shape index (κ2) is 48.1. The number of hydrogen-bond donors (Lipinski definition) is 2. The largest absolute Gasteiger partial charge is 0.497 e. The number of alkyl halides is 2. The molecule has 0 amide bonds. The van der Waals surface area contributed by atoms with Gasteiger partial charge in [-0.2, -0.15) is 27.4 Å². The van der Waals surface area contributed by atoms with Gasteiger partial charge in [-0.05, 0) is 332 Å². The first-order chi connectivity index (χ1) is 62.1. The van der Waals surface area contributed by atoms with Crippen molar-refractivity contribution in [2.24, 2.45) is 0 Å². The van der Waals surface area contributed by atoms with Crippen molar-refractivity contribution in [3.8, 4) is 58.1 Å². The van der Waals surface area contributed by atoms with Crippen LogP contribution in [0.1, 0.15) is 147 Å². The molecule has 2 N–H and O–H groups in total. The number of aliphatic hydroxyl groups excluding tert-OH is 2. The number of rotatable bonds is 20. The van der Waals surface area contributed by atoms with Crippen molar-refractivity contribution in [1.29, 1.82) is 10.5 Å². The number of ether oxygens (including phenoxy) is 8. The molecule has 0 fully saturated rings. The minimum atomic E-state index is -3.46. The zero-order valence-electron chi connectivity index (χ0n) is 76.4. The fourth-order valence-electron chi connectivity index (χ4n) is 13.8. The van der Waals surface area contributed by atoms with Crippen LogP contribution < -0.4 is 37.9 Å². The summed E-state index contributed by atoms with van der Waals surface area (Å²) in [6.07, 6.45) is 0.265. The number of halogens is 2. The molecule has 0 aliphatic carbocycles. The molecule has 8 atom stereocenters. The zero-order valence-corrected chi connectivity index (χ0v) is 79.6. The predicted molar refractivity (Wildman–Crippen MR) is 531 cm³/mol. The van der Waals surface area contributed by atoms with Crippen LogP contribution in [0.25, 0.3) is 86.2 Å². The van der Waals surface area contributed by atoms with E-state index in [0.29, 0.717) is 0 Å². The maximum atomic E-state index is 11.1. The summed E-state index contributed by atoms with van der Waals surface area (Å²) in [6.45, 7) is 14.7. The highest BCUT2D eigenvalue weighted by molar-refractivity contribution is 7.86. The molecule has 18 nitrogen and oxygen atoms in total. The maximum absolute atomic E-state index is 11.1. The second-order valence-electron chi connectivity index (χ2n) is 31.0. The minimum Gasteiger partial charge on any atom is -0.497 e. The second-order valence-corrected chi connectivity index (χ2v) is 35.5. The first-order valence-corrected chi connectivity index (χ1v) is 46.4. The molecule has 0 bridgehead atoms. The van der Waals surface area contributed by atoms with Crippen LogP contribution in [-0.2, 0) is 28.6 Å². The lowest BCUT2D eigenvalue weighted by Gasteiger charge is -2.12. The Balaban J connectivity index is 0.000000168. The van der Waals surface area contributed by atoms with Crippen LogP contribution >= 0.6 is 23.2 Å². The summed E-state index contributed by atoms with van der Waals surface area (Å²) in [5.41, 5.74) is 7.93. The highest BCUT2D eigenvalue weighted by atomic mass is 35.5. The van der Waals surface area contributed by atoms with Gasteiger partial charge in [0, 0.05) is 0 Å². The first-order valence-electron chi connectivity index (χ1n) is 41.9. The van der Waals surface area contributed by atoms with Crippen molar-refractivity contribution in [1.82, 2.24) is 0 Å². The number of methoxy groups -OCH3 is 8. The van der Waals surface area contributed by atoms with Gasteiger partial charge < -0.3 is 48.1 Å². The molecule has 676 valence electrons. The van der Waals surface area contributed by atoms with E-state index < -0.39 is 44.7 Å². The van der Waals surface area contributed by atoms with Crippen molar-refractivity contribution >= 4 is 130 Å². The molecule has 0 aliphatic rings. The molecule has 0 unspecified atom stereocenters. The van der Waals surface area contributed by atoms with Crippen LogP contribution in [0.5, 0.6) is 46.0 Å². The van der Waals surface area contributed by atoms with Crippen molar-refractivity contribution in [3.05, 3.63) is 336 Å². The Labute approximate surface area is 773 Å². The van der Waals surface area contributed by atoms with E-state index in [2.05, 4.69) is 72.8 Å². The molecular weight excluding hydrogens is 1720 g/mol. The predicted octanol–water partition coefficient (Wildman–Crippen LogP) is 26.8. The Kier molecular flexibility index (Phi) is 37.4. The summed E-state index contributed by atoms with van der Waals surface area (Å²) in [5, 5.41) is 54.6. The molecule has 0 aliphatic heterocycles. The average molecular weight is 1830 g/mol. The fraction of sp³-hybridized carbons (Fsp3) is 0.241. The van der Waals surface area contributed by atoms with Gasteiger partial charge in [-0.15, -0.1) is 23.2 Å². The zero-order chi connectivity index (χ0) is 94.5. The van der Waals surface area contributed by atoms with Gasteiger partial charge in [0.1, 0.15) is 46.0 Å². The van der Waals surface area contributed by atoms with Gasteiger partial charge >= 0.3 is 0 Å². The molecule has 0 saturated heterocycles. The summed E-state index contributed by atoms with van der Waals surface area (Å²) in [6, 6.07) is 99.7. The first kappa shape index (κ1) is 101. The van der Waals surface area contributed by atoms with Gasteiger partial charge in [0.2, 0.25) is 0 Å². The van der Waals surface area contributed by atoms with E-state index in [1.807, 2.05) is 258 Å². The molecule has 0 saturated carbocycles. The topological polar surface area (TPSA) is 249 Å². The standard InChI is InChI=1S/2C14H13NO.2C14H16O4S.2C13H13ClO.2C13H14O2/c2*1-10(9-15)11-3-4-13-8-14(16-2)6-5-12(13)7-11;2*1-10(18-19(3,15)16)11-4-5-13-9-14(17-2)7-6-12(13)8-11;4*1-9(14)10-3-4-12-8-13(15-2)6-5-11(12)7-10/h2*3-8,10H,1-2H3;2*4-10H,1-3H3;2*3-9H,1-2H3;2*3-9,14H,1-2H3/t4*10-;4*9-/m10101010/s1. The van der Waals surface area contributed by atoms with Crippen molar-refractivity contribution < 1.29 is 73.3 Å². The number of benzene rings is 16. The van der Waals surface area contributed by atoms with Crippen LogP contribution in [0, 0.1) is 22.7 Å². The third-order valence-electron chi connectivity index (χ3n) is 21.4. The Bertz CT molecular complexity index is 6260. The van der Waals surface area contributed by atoms with Crippen LogP contribution in [0.4, 0.5) is 0 Å². The van der Waals surface area contributed by atoms with Crippen molar-refractivity contribution in [2.45, 2.75) is 102 Å². The SMILES string of the molecule is COc1ccc2cc([C@@H](C)C#N)ccc2c1.COc1ccc2cc([C@@H](C)Cl)ccc2c1.COc1ccc2cc([C@@H](C)O)ccc2c1.COc1ccc2cc([C@@H](C)OS(C)(=O)=O)ccc2c1.COc1ccc2cc([C@H](C)C#N)ccc2c1.COc1ccc2cc([C@H](C)Cl)ccc2c1.COc1ccc2cc([C@H](C)O)ccc2c1.COc1ccc2cc([C@H](C)OS(C)(=O)=O)ccc2c1. The van der Waals surface area contributed by atoms with Crippen LogP contribution in [0.2, 0.25) is 0 Å². The number of aliphatic hydroxyl groups is 2. The Morgan fingerprint density at radius 2 is 0.385 bits per heavy atom. The fourth-order valence-corrected chi connectivity index (χ4v) is 15.3. The number of nitriles is 2. The molecule has 16 aromatic rings. The Morgan fingerprint density at radius 1 is 0.238 bits per heavy atom. The minimum absolute atomic E-state index is 0.0523. The van der Waals surface area contributed by atoms with Crippen molar-refractivity contribution in [2.75, 3.05) is 69.4 Å². The van der Waals surface area contributed by atoms with E-state index in [-0.39, 0.29) is 22.6 Å². The van der Waals surface area contributed by atoms with E-state index in [4.69, 9.17) is 80.0 Å². The molecule has 0 aromatic heterocycles. The molecule has 16 aromatic carbocycles. The van der Waals surface area contributed by atoms with E-state index in [1.54, 1.807) is 84.6 Å². The van der Waals surface area contributed by atoms with E-state index in [1.165, 1.54) is 21.5 Å². The normalized spacial score (nSPS) is 12.8. The van der Waals surface area contributed by atoms with Crippen LogP contribution in [0.15, 0.2) is 291 Å². The summed E-state index contributed by atoms with van der Waals surface area (Å²) in [5.74, 6) is 6.64. The number of nitrogens with zero attached hydrogens (tertiary/aromatic N) is 2. The smallest absolute Gasteiger partial charge is 0.264 e.